The van der Waals surface area contributed by atoms with Crippen LogP contribution >= 0.6 is 11.8 Å². The molecule has 5 nitrogen and oxygen atoms in total. The van der Waals surface area contributed by atoms with Crippen molar-refractivity contribution in [3.05, 3.63) is 47.8 Å². The van der Waals surface area contributed by atoms with Crippen LogP contribution in [0.3, 0.4) is 0 Å². The maximum Gasteiger partial charge on any atom is 0.338 e. The minimum atomic E-state index is -0.982. The fraction of sp³-hybridized carbons (Fsp3) is 0.133. The second-order valence-corrected chi connectivity index (χ2v) is 5.73. The van der Waals surface area contributed by atoms with Gasteiger partial charge in [0.2, 0.25) is 0 Å². The van der Waals surface area contributed by atoms with Gasteiger partial charge in [-0.25, -0.2) is 9.78 Å². The Morgan fingerprint density at radius 2 is 2.05 bits per heavy atom. The molecule has 106 valence electrons. The molecule has 0 aliphatic carbocycles. The van der Waals surface area contributed by atoms with Gasteiger partial charge in [0.1, 0.15) is 0 Å². The van der Waals surface area contributed by atoms with Crippen LogP contribution in [-0.4, -0.2) is 25.8 Å². The number of fused-ring (bicyclic) bond motifs is 1. The van der Waals surface area contributed by atoms with Gasteiger partial charge in [0.05, 0.1) is 17.1 Å². The molecule has 3 rings (SSSR count). The lowest BCUT2D eigenvalue weighted by Gasteiger charge is -2.09. The molecule has 3 aromatic rings. The average molecular weight is 299 g/mol. The molecule has 0 saturated carbocycles. The Bertz CT molecular complexity index is 842. The van der Waals surface area contributed by atoms with Crippen LogP contribution in [0, 0.1) is 6.92 Å². The van der Waals surface area contributed by atoms with Crippen LogP contribution in [0.15, 0.2) is 46.5 Å². The summed E-state index contributed by atoms with van der Waals surface area (Å²) in [7, 11) is 1.79. The lowest BCUT2D eigenvalue weighted by molar-refractivity contribution is 0.0693. The van der Waals surface area contributed by atoms with E-state index in [1.54, 1.807) is 17.9 Å². The monoisotopic (exact) mass is 299 g/mol. The van der Waals surface area contributed by atoms with Crippen molar-refractivity contribution in [3.63, 3.8) is 0 Å². The van der Waals surface area contributed by atoms with E-state index < -0.39 is 5.97 Å². The normalized spacial score (nSPS) is 11.0. The van der Waals surface area contributed by atoms with Gasteiger partial charge < -0.3 is 5.11 Å². The van der Waals surface area contributed by atoms with Gasteiger partial charge in [0.15, 0.2) is 5.65 Å². The minimum absolute atomic E-state index is 0.198. The molecule has 2 aromatic heterocycles. The summed E-state index contributed by atoms with van der Waals surface area (Å²) in [6.45, 7) is 2.00. The van der Waals surface area contributed by atoms with Crippen LogP contribution in [0.5, 0.6) is 0 Å². The van der Waals surface area contributed by atoms with Gasteiger partial charge in [-0.3, -0.25) is 4.68 Å². The van der Waals surface area contributed by atoms with Crippen molar-refractivity contribution in [2.45, 2.75) is 16.7 Å². The number of hydrogen-bond acceptors (Lipinski definition) is 4. The zero-order chi connectivity index (χ0) is 15.0. The molecule has 1 aromatic carbocycles. The molecule has 0 spiro atoms. The zero-order valence-corrected chi connectivity index (χ0v) is 12.4. The lowest BCUT2D eigenvalue weighted by Crippen LogP contribution is -2.01. The molecule has 0 fully saturated rings. The van der Waals surface area contributed by atoms with E-state index in [0.29, 0.717) is 10.5 Å². The van der Waals surface area contributed by atoms with E-state index in [1.807, 2.05) is 31.2 Å². The molecule has 0 unspecified atom stereocenters. The first-order valence-corrected chi connectivity index (χ1v) is 7.17. The van der Waals surface area contributed by atoms with Gasteiger partial charge in [0, 0.05) is 23.0 Å². The molecular formula is C15H13N3O2S. The second-order valence-electron chi connectivity index (χ2n) is 4.68. The van der Waals surface area contributed by atoms with Crippen molar-refractivity contribution in [2.24, 2.45) is 7.05 Å². The Hall–Kier alpha value is -2.34. The summed E-state index contributed by atoms with van der Waals surface area (Å²) in [5.41, 5.74) is 1.98. The van der Waals surface area contributed by atoms with Gasteiger partial charge in [0.25, 0.3) is 0 Å². The van der Waals surface area contributed by atoms with E-state index in [4.69, 9.17) is 0 Å². The number of aromatic nitrogens is 3. The van der Waals surface area contributed by atoms with Crippen LogP contribution < -0.4 is 0 Å². The predicted octanol–water partition coefficient (Wildman–Crippen LogP) is 3.13. The Labute approximate surface area is 125 Å². The number of hydrogen-bond donors (Lipinski definition) is 1. The van der Waals surface area contributed by atoms with Crippen molar-refractivity contribution in [1.82, 2.24) is 14.8 Å². The van der Waals surface area contributed by atoms with Crippen molar-refractivity contribution in [1.29, 1.82) is 0 Å². The highest BCUT2D eigenvalue weighted by atomic mass is 32.2. The summed E-state index contributed by atoms with van der Waals surface area (Å²) in [4.78, 5) is 17.4. The van der Waals surface area contributed by atoms with Gasteiger partial charge in [-0.05, 0) is 18.6 Å². The first-order chi connectivity index (χ1) is 10.1. The summed E-state index contributed by atoms with van der Waals surface area (Å²) >= 11 is 1.44. The number of carboxylic acid groups (broad SMARTS) is 1. The van der Waals surface area contributed by atoms with Gasteiger partial charge in [-0.15, -0.1) is 0 Å². The molecule has 0 saturated heterocycles. The summed E-state index contributed by atoms with van der Waals surface area (Å²) in [6.07, 6.45) is 3.06. The number of benzene rings is 1. The predicted molar refractivity (Wildman–Crippen MR) is 80.8 cm³/mol. The van der Waals surface area contributed by atoms with E-state index >= 15 is 0 Å². The molecule has 0 bridgehead atoms. The van der Waals surface area contributed by atoms with E-state index in [-0.39, 0.29) is 5.56 Å². The lowest BCUT2D eigenvalue weighted by atomic mass is 10.2. The third-order valence-electron chi connectivity index (χ3n) is 3.25. The smallest absolute Gasteiger partial charge is 0.338 e. The quantitative estimate of drug-likeness (QED) is 0.804. The number of aryl methyl sites for hydroxylation is 2. The van der Waals surface area contributed by atoms with Gasteiger partial charge in [-0.2, -0.15) is 5.10 Å². The van der Waals surface area contributed by atoms with E-state index in [9.17, 15) is 9.90 Å². The molecule has 0 atom stereocenters. The van der Waals surface area contributed by atoms with Crippen LogP contribution in [0.25, 0.3) is 11.0 Å². The summed E-state index contributed by atoms with van der Waals surface area (Å²) < 4.78 is 1.64. The van der Waals surface area contributed by atoms with Crippen molar-refractivity contribution < 1.29 is 9.90 Å². The zero-order valence-electron chi connectivity index (χ0n) is 11.6. The number of pyridine rings is 1. The summed E-state index contributed by atoms with van der Waals surface area (Å²) in [6, 6.07) is 7.89. The molecule has 6 heteroatoms. The number of nitrogens with zero attached hydrogens (tertiary/aromatic N) is 3. The van der Waals surface area contributed by atoms with Crippen LogP contribution in [0.4, 0.5) is 0 Å². The van der Waals surface area contributed by atoms with E-state index in [0.717, 1.165) is 15.8 Å². The summed E-state index contributed by atoms with van der Waals surface area (Å²) in [5, 5.41) is 14.3. The molecule has 0 amide bonds. The second kappa shape index (κ2) is 5.21. The molecule has 0 aliphatic heterocycles. The fourth-order valence-corrected chi connectivity index (χ4v) is 3.22. The van der Waals surface area contributed by atoms with E-state index in [2.05, 4.69) is 10.1 Å². The maximum absolute atomic E-state index is 11.5. The first kappa shape index (κ1) is 13.6. The molecule has 2 heterocycles. The molecule has 0 aliphatic rings. The molecular weight excluding hydrogens is 286 g/mol. The fourth-order valence-electron chi connectivity index (χ4n) is 2.12. The Morgan fingerprint density at radius 1 is 1.29 bits per heavy atom. The van der Waals surface area contributed by atoms with E-state index in [1.165, 1.54) is 18.0 Å². The average Bonchev–Trinajstić information content (AvgIpc) is 2.83. The number of aromatic carboxylic acids is 1. The maximum atomic E-state index is 11.5. The van der Waals surface area contributed by atoms with Crippen molar-refractivity contribution in [2.75, 3.05) is 0 Å². The highest BCUT2D eigenvalue weighted by Crippen LogP contribution is 2.36. The highest BCUT2D eigenvalue weighted by Gasteiger charge is 2.18. The number of carbonyl (C=O) groups is 1. The topological polar surface area (TPSA) is 68.0 Å². The first-order valence-electron chi connectivity index (χ1n) is 6.35. The third-order valence-corrected chi connectivity index (χ3v) is 4.57. The SMILES string of the molecule is Cc1ccccc1Sc1c(C(=O)O)cnc2c1cnn2C. The Balaban J connectivity index is 2.21. The standard InChI is InChI=1S/C15H13N3O2S/c1-9-5-3-4-6-12(9)21-13-10-8-17-18(2)14(10)16-7-11(13)15(19)20/h3-8H,1-2H3,(H,19,20). The molecule has 21 heavy (non-hydrogen) atoms. The third kappa shape index (κ3) is 2.38. The van der Waals surface area contributed by atoms with Crippen molar-refractivity contribution >= 4 is 28.8 Å². The Morgan fingerprint density at radius 3 is 2.76 bits per heavy atom. The van der Waals surface area contributed by atoms with Gasteiger partial charge >= 0.3 is 5.97 Å². The van der Waals surface area contributed by atoms with Gasteiger partial charge in [-0.1, -0.05) is 30.0 Å². The van der Waals surface area contributed by atoms with Crippen LogP contribution in [-0.2, 0) is 7.05 Å². The number of carboxylic acids is 1. The largest absolute Gasteiger partial charge is 0.478 e. The summed E-state index contributed by atoms with van der Waals surface area (Å²) in [5.74, 6) is -0.982. The number of rotatable bonds is 3. The van der Waals surface area contributed by atoms with Crippen LogP contribution in [0.2, 0.25) is 0 Å². The van der Waals surface area contributed by atoms with Crippen LogP contribution in [0.1, 0.15) is 15.9 Å². The Kier molecular flexibility index (Phi) is 3.39. The minimum Gasteiger partial charge on any atom is -0.478 e. The molecule has 0 radical (unpaired) electrons. The van der Waals surface area contributed by atoms with Crippen molar-refractivity contribution in [3.8, 4) is 0 Å². The molecule has 1 N–H and O–H groups in total. The highest BCUT2D eigenvalue weighted by molar-refractivity contribution is 7.99.